The number of nitrogens with two attached hydrogens (primary N) is 1. The molecule has 0 fully saturated rings. The fraction of sp³-hybridized carbons (Fsp3) is 0.163. The van der Waals surface area contributed by atoms with E-state index >= 15 is 0 Å². The van der Waals surface area contributed by atoms with Crippen LogP contribution in [0.15, 0.2) is 120 Å². The molecular weight excluding hydrogens is 787 g/mol. The Labute approximate surface area is 350 Å². The first-order valence-electron chi connectivity index (χ1n) is 17.6. The largest absolute Gasteiger partial charge is 0.383 e. The van der Waals surface area contributed by atoms with Crippen molar-refractivity contribution >= 4 is 74.7 Å². The highest BCUT2D eigenvalue weighted by Crippen LogP contribution is 2.27. The standard InChI is InChI=1S/C20H16N4O2S.C14H18N2O2.C8H7N3OS.CH4/c1-13(25)23(2)15-6-3-5-14(11-15)17-8-9-21-20-16(12-22-24(17)20)19(26)18-7-4-10-27-18;1-11(17)16(4)13-7-5-6-12(10-13)14(18)8-9-15(2)3;9-8-5(4-10-11-8)7(12)6-2-1-3-13-6;/h3-12H,1-2H3;5-10H,1-4H3;1-4H,(H3,9,10,11);1H4/b;9-8-;;. The summed E-state index contributed by atoms with van der Waals surface area (Å²) < 4.78 is 1.66. The molecule has 5 aromatic heterocycles. The monoisotopic (exact) mass is 831 g/mol. The topological polar surface area (TPSA) is 180 Å². The third kappa shape index (κ3) is 11.1. The van der Waals surface area contributed by atoms with Crippen LogP contribution in [0.25, 0.3) is 16.9 Å². The molecule has 2 amide bonds. The molecule has 0 bridgehead atoms. The van der Waals surface area contributed by atoms with Gasteiger partial charge in [-0.25, -0.2) is 9.50 Å². The molecule has 5 heterocycles. The number of H-pyrrole nitrogens is 1. The van der Waals surface area contributed by atoms with E-state index in [-0.39, 0.29) is 36.6 Å². The number of nitrogen functional groups attached to an aromatic ring is 1. The second-order valence-electron chi connectivity index (χ2n) is 12.8. The number of nitrogens with zero attached hydrogens (tertiary/aromatic N) is 7. The molecule has 3 N–H and O–H groups in total. The number of carbonyl (C=O) groups is 5. The Morgan fingerprint density at radius 2 is 1.34 bits per heavy atom. The fourth-order valence-corrected chi connectivity index (χ4v) is 6.60. The summed E-state index contributed by atoms with van der Waals surface area (Å²) in [4.78, 5) is 69.8. The van der Waals surface area contributed by atoms with E-state index in [0.717, 1.165) is 16.9 Å². The van der Waals surface area contributed by atoms with Crippen molar-refractivity contribution in [3.63, 3.8) is 0 Å². The zero-order valence-corrected chi connectivity index (χ0v) is 34.2. The summed E-state index contributed by atoms with van der Waals surface area (Å²) in [6.07, 6.45) is 7.87. The van der Waals surface area contributed by atoms with Gasteiger partial charge in [0.2, 0.25) is 23.4 Å². The fourth-order valence-electron chi connectivity index (χ4n) is 5.25. The molecule has 16 heteroatoms. The minimum atomic E-state index is -0.0882. The lowest BCUT2D eigenvalue weighted by Gasteiger charge is -2.16. The van der Waals surface area contributed by atoms with Crippen molar-refractivity contribution < 1.29 is 24.0 Å². The zero-order chi connectivity index (χ0) is 41.9. The van der Waals surface area contributed by atoms with Gasteiger partial charge in [-0.2, -0.15) is 10.2 Å². The summed E-state index contributed by atoms with van der Waals surface area (Å²) in [5.41, 5.74) is 10.7. The van der Waals surface area contributed by atoms with Crippen LogP contribution >= 0.6 is 22.7 Å². The number of amides is 2. The van der Waals surface area contributed by atoms with Crippen molar-refractivity contribution in [1.82, 2.24) is 29.7 Å². The highest BCUT2D eigenvalue weighted by molar-refractivity contribution is 7.12. The molecule has 0 atom stereocenters. The van der Waals surface area contributed by atoms with Crippen molar-refractivity contribution in [3.05, 3.63) is 147 Å². The molecule has 0 spiro atoms. The molecule has 0 unspecified atom stereocenters. The summed E-state index contributed by atoms with van der Waals surface area (Å²) in [6.45, 7) is 3.01. The Hall–Kier alpha value is -7.04. The van der Waals surface area contributed by atoms with E-state index in [1.807, 2.05) is 67.3 Å². The van der Waals surface area contributed by atoms with Gasteiger partial charge in [0.15, 0.2) is 11.4 Å². The summed E-state index contributed by atoms with van der Waals surface area (Å²) in [5.74, 6) is -0.0461. The molecule has 0 aliphatic carbocycles. The van der Waals surface area contributed by atoms with E-state index in [4.69, 9.17) is 5.73 Å². The predicted octanol–water partition coefficient (Wildman–Crippen LogP) is 7.52. The van der Waals surface area contributed by atoms with E-state index < -0.39 is 0 Å². The van der Waals surface area contributed by atoms with E-state index in [2.05, 4.69) is 20.3 Å². The third-order valence-electron chi connectivity index (χ3n) is 8.57. The van der Waals surface area contributed by atoms with Gasteiger partial charge in [0.05, 0.1) is 39.0 Å². The Morgan fingerprint density at radius 3 is 1.88 bits per heavy atom. The number of hydrogen-bond acceptors (Lipinski definition) is 12. The smallest absolute Gasteiger partial charge is 0.223 e. The van der Waals surface area contributed by atoms with Gasteiger partial charge in [0, 0.05) is 83.0 Å². The average molecular weight is 832 g/mol. The number of benzene rings is 2. The number of aromatic nitrogens is 5. The second-order valence-corrected chi connectivity index (χ2v) is 14.7. The van der Waals surface area contributed by atoms with Crippen LogP contribution in [0.5, 0.6) is 0 Å². The van der Waals surface area contributed by atoms with Gasteiger partial charge in [-0.3, -0.25) is 29.1 Å². The predicted molar refractivity (Wildman–Crippen MR) is 235 cm³/mol. The lowest BCUT2D eigenvalue weighted by molar-refractivity contribution is -0.117. The summed E-state index contributed by atoms with van der Waals surface area (Å²) >= 11 is 2.79. The minimum Gasteiger partial charge on any atom is -0.383 e. The number of nitrogens with one attached hydrogen (secondary N) is 1. The lowest BCUT2D eigenvalue weighted by atomic mass is 10.1. The van der Waals surface area contributed by atoms with Crippen LogP contribution in [0.1, 0.15) is 62.1 Å². The number of anilines is 3. The number of rotatable bonds is 10. The maximum atomic E-state index is 12.7. The van der Waals surface area contributed by atoms with Gasteiger partial charge in [-0.1, -0.05) is 43.8 Å². The Balaban J connectivity index is 0.000000208. The van der Waals surface area contributed by atoms with Crippen molar-refractivity contribution in [2.24, 2.45) is 0 Å². The number of allylic oxidation sites excluding steroid dienone is 1. The Morgan fingerprint density at radius 1 is 0.746 bits per heavy atom. The van der Waals surface area contributed by atoms with Crippen molar-refractivity contribution in [3.8, 4) is 11.3 Å². The molecule has 0 aliphatic heterocycles. The number of ketones is 3. The number of carbonyl (C=O) groups excluding carboxylic acids is 5. The molecule has 0 aliphatic rings. The maximum absolute atomic E-state index is 12.7. The Bertz CT molecular complexity index is 2570. The average Bonchev–Trinajstić information content (AvgIpc) is 4.08. The first-order chi connectivity index (χ1) is 27.8. The third-order valence-corrected chi connectivity index (χ3v) is 10.3. The molecule has 7 rings (SSSR count). The zero-order valence-electron chi connectivity index (χ0n) is 32.6. The van der Waals surface area contributed by atoms with Gasteiger partial charge in [-0.15, -0.1) is 22.7 Å². The van der Waals surface area contributed by atoms with E-state index in [1.54, 1.807) is 83.4 Å². The van der Waals surface area contributed by atoms with E-state index in [0.29, 0.717) is 43.6 Å². The van der Waals surface area contributed by atoms with E-state index in [9.17, 15) is 24.0 Å². The first kappa shape index (κ1) is 44.7. The van der Waals surface area contributed by atoms with Crippen LogP contribution in [0.4, 0.5) is 17.2 Å². The minimum absolute atomic E-state index is 0. The Kier molecular flexibility index (Phi) is 15.4. The van der Waals surface area contributed by atoms with Gasteiger partial charge < -0.3 is 20.4 Å². The molecule has 0 saturated heterocycles. The van der Waals surface area contributed by atoms with Crippen LogP contribution < -0.4 is 15.5 Å². The van der Waals surface area contributed by atoms with Gasteiger partial charge in [0.25, 0.3) is 0 Å². The molecule has 0 saturated carbocycles. The lowest BCUT2D eigenvalue weighted by Crippen LogP contribution is -2.22. The molecule has 14 nitrogen and oxygen atoms in total. The normalized spacial score (nSPS) is 10.4. The molecule has 7 aromatic rings. The summed E-state index contributed by atoms with van der Waals surface area (Å²) in [6, 6.07) is 23.7. The van der Waals surface area contributed by atoms with E-state index in [1.165, 1.54) is 53.7 Å². The first-order valence-corrected chi connectivity index (χ1v) is 19.4. The van der Waals surface area contributed by atoms with Crippen LogP contribution in [0, 0.1) is 0 Å². The highest BCUT2D eigenvalue weighted by Gasteiger charge is 2.19. The highest BCUT2D eigenvalue weighted by atomic mass is 32.1. The quantitative estimate of drug-likeness (QED) is 0.103. The molecular formula is C43H45N9O5S2. The van der Waals surface area contributed by atoms with Crippen LogP contribution in [-0.2, 0) is 9.59 Å². The number of aromatic amines is 1. The van der Waals surface area contributed by atoms with Gasteiger partial charge in [0.1, 0.15) is 5.82 Å². The SMILES string of the molecule is C.CC(=O)N(C)c1cccc(-c2ccnc3c(C(=O)c4cccs4)cnn23)c1.CC(=O)N(C)c1cccc(C(=O)/C=C\N(C)C)c1.Nc1[nH]ncc1C(=O)c1cccs1. The maximum Gasteiger partial charge on any atom is 0.223 e. The number of hydrogen-bond donors (Lipinski definition) is 2. The summed E-state index contributed by atoms with van der Waals surface area (Å²) in [5, 5.41) is 14.3. The summed E-state index contributed by atoms with van der Waals surface area (Å²) in [7, 11) is 7.12. The van der Waals surface area contributed by atoms with Gasteiger partial charge >= 0.3 is 0 Å². The van der Waals surface area contributed by atoms with Crippen molar-refractivity contribution in [2.75, 3.05) is 43.7 Å². The second kappa shape index (κ2) is 20.4. The number of thiophene rings is 2. The van der Waals surface area contributed by atoms with Crippen LogP contribution in [-0.4, -0.2) is 87.1 Å². The van der Waals surface area contributed by atoms with Crippen LogP contribution in [0.2, 0.25) is 0 Å². The van der Waals surface area contributed by atoms with Crippen molar-refractivity contribution in [2.45, 2.75) is 21.3 Å². The molecule has 304 valence electrons. The number of fused-ring (bicyclic) bond motifs is 1. The molecule has 59 heavy (non-hydrogen) atoms. The van der Waals surface area contributed by atoms with Crippen molar-refractivity contribution in [1.29, 1.82) is 0 Å². The van der Waals surface area contributed by atoms with Crippen LogP contribution in [0.3, 0.4) is 0 Å². The van der Waals surface area contributed by atoms with Gasteiger partial charge in [-0.05, 0) is 53.2 Å². The molecule has 2 aromatic carbocycles. The molecule has 0 radical (unpaired) electrons.